The van der Waals surface area contributed by atoms with Gasteiger partial charge in [-0.15, -0.1) is 5.10 Å². The first-order valence-electron chi connectivity index (χ1n) is 17.7. The standard InChI is InChI=1S/C37H32F9N7O4/c1-19(2)57-34(56)53-28-10-9-22(35(38,39)40)16-27(28)30(17-29(53)21-7-8-21)51(18-20-13-23(36(41,42)43)15-24(14-20)37(44,45)46)33-47-49-52(48-33)12-11-50-31(54)25-5-3-4-6-26(25)32(50)55/h3-6,9-10,13-16,19,21,29-30H,7-8,11-12,17-18H2,1-2H3/t29-,30-/m1/s1. The molecule has 11 nitrogen and oxygen atoms in total. The molecular formula is C37H32F9N7O4. The Kier molecular flexibility index (Phi) is 9.96. The summed E-state index contributed by atoms with van der Waals surface area (Å²) in [6.45, 7) is 1.86. The van der Waals surface area contributed by atoms with E-state index in [4.69, 9.17) is 4.74 Å². The van der Waals surface area contributed by atoms with E-state index in [-0.39, 0.29) is 53.9 Å². The largest absolute Gasteiger partial charge is 0.446 e. The van der Waals surface area contributed by atoms with Crippen molar-refractivity contribution in [2.45, 2.75) is 82.9 Å². The number of fused-ring (bicyclic) bond motifs is 2. The molecule has 3 aliphatic rings. The summed E-state index contributed by atoms with van der Waals surface area (Å²) in [5.41, 5.74) is -4.71. The van der Waals surface area contributed by atoms with Crippen molar-refractivity contribution in [1.82, 2.24) is 25.1 Å². The van der Waals surface area contributed by atoms with E-state index in [1.807, 2.05) is 0 Å². The molecule has 0 spiro atoms. The molecule has 3 heterocycles. The second-order valence-electron chi connectivity index (χ2n) is 14.3. The second kappa shape index (κ2) is 14.4. The quantitative estimate of drug-likeness (QED) is 0.123. The van der Waals surface area contributed by atoms with Crippen LogP contribution < -0.4 is 9.80 Å². The summed E-state index contributed by atoms with van der Waals surface area (Å²) < 4.78 is 132. The Morgan fingerprint density at radius 2 is 1.42 bits per heavy atom. The van der Waals surface area contributed by atoms with Crippen LogP contribution in [0.1, 0.15) is 87.7 Å². The zero-order valence-corrected chi connectivity index (χ0v) is 30.0. The highest BCUT2D eigenvalue weighted by molar-refractivity contribution is 6.21. The van der Waals surface area contributed by atoms with E-state index in [9.17, 15) is 53.9 Å². The fourth-order valence-corrected chi connectivity index (χ4v) is 7.23. The predicted octanol–water partition coefficient (Wildman–Crippen LogP) is 8.31. The number of alkyl halides is 9. The minimum absolute atomic E-state index is 0.00941. The maximum Gasteiger partial charge on any atom is 0.416 e. The number of ether oxygens (including phenoxy) is 1. The van der Waals surface area contributed by atoms with Gasteiger partial charge in [0.25, 0.3) is 17.8 Å². The monoisotopic (exact) mass is 809 g/mol. The third-order valence-corrected chi connectivity index (χ3v) is 9.95. The van der Waals surface area contributed by atoms with Crippen molar-refractivity contribution in [3.8, 4) is 0 Å². The molecule has 7 rings (SSSR count). The molecule has 1 aliphatic carbocycles. The summed E-state index contributed by atoms with van der Waals surface area (Å²) >= 11 is 0. The molecule has 1 aromatic heterocycles. The van der Waals surface area contributed by atoms with Gasteiger partial charge in [0.1, 0.15) is 0 Å². The number of rotatable bonds is 9. The lowest BCUT2D eigenvalue weighted by Gasteiger charge is -2.44. The molecule has 0 saturated heterocycles. The van der Waals surface area contributed by atoms with Crippen LogP contribution in [0.4, 0.5) is 55.9 Å². The maximum atomic E-state index is 14.2. The first-order valence-corrected chi connectivity index (χ1v) is 17.7. The molecule has 57 heavy (non-hydrogen) atoms. The summed E-state index contributed by atoms with van der Waals surface area (Å²) in [6, 6.07) is 7.68. The van der Waals surface area contributed by atoms with E-state index in [1.165, 1.54) is 17.0 Å². The molecule has 2 aliphatic heterocycles. The molecule has 20 heteroatoms. The molecule has 0 N–H and O–H groups in total. The lowest BCUT2D eigenvalue weighted by atomic mass is 9.86. The smallest absolute Gasteiger partial charge is 0.416 e. The Labute approximate surface area is 318 Å². The minimum atomic E-state index is -5.21. The van der Waals surface area contributed by atoms with Gasteiger partial charge in [-0.2, -0.15) is 44.3 Å². The molecule has 1 saturated carbocycles. The summed E-state index contributed by atoms with van der Waals surface area (Å²) in [6.07, 6.45) is -15.7. The lowest BCUT2D eigenvalue weighted by molar-refractivity contribution is -0.143. The highest BCUT2D eigenvalue weighted by atomic mass is 19.4. The van der Waals surface area contributed by atoms with Gasteiger partial charge in [0.15, 0.2) is 0 Å². The maximum absolute atomic E-state index is 14.2. The highest BCUT2D eigenvalue weighted by Gasteiger charge is 2.48. The fraction of sp³-hybridized carbons (Fsp3) is 0.405. The fourth-order valence-electron chi connectivity index (χ4n) is 7.23. The molecule has 1 fully saturated rings. The average molecular weight is 810 g/mol. The summed E-state index contributed by atoms with van der Waals surface area (Å²) in [5.74, 6) is -1.75. The summed E-state index contributed by atoms with van der Waals surface area (Å²) in [5, 5.41) is 12.3. The van der Waals surface area contributed by atoms with Crippen LogP contribution in [-0.2, 0) is 36.4 Å². The molecule has 3 aromatic carbocycles. The van der Waals surface area contributed by atoms with Crippen LogP contribution in [0.3, 0.4) is 0 Å². The van der Waals surface area contributed by atoms with Crippen LogP contribution in [0.5, 0.6) is 0 Å². The number of carbonyl (C=O) groups is 3. The molecule has 0 radical (unpaired) electrons. The number of tetrazole rings is 1. The van der Waals surface area contributed by atoms with Crippen molar-refractivity contribution >= 4 is 29.5 Å². The van der Waals surface area contributed by atoms with Crippen molar-refractivity contribution in [3.05, 3.63) is 99.6 Å². The van der Waals surface area contributed by atoms with E-state index in [0.717, 1.165) is 32.8 Å². The molecule has 3 amide bonds. The van der Waals surface area contributed by atoms with Gasteiger partial charge in [-0.1, -0.05) is 17.2 Å². The number of amides is 3. The summed E-state index contributed by atoms with van der Waals surface area (Å²) in [4.78, 5) is 43.7. The zero-order valence-electron chi connectivity index (χ0n) is 30.0. The Hall–Kier alpha value is -5.69. The first-order chi connectivity index (χ1) is 26.7. The van der Waals surface area contributed by atoms with E-state index < -0.39 is 89.4 Å². The highest BCUT2D eigenvalue weighted by Crippen LogP contribution is 2.50. The molecule has 4 aromatic rings. The first kappa shape index (κ1) is 39.5. The molecule has 0 unspecified atom stereocenters. The molecular weight excluding hydrogens is 777 g/mol. The lowest BCUT2D eigenvalue weighted by Crippen LogP contribution is -2.49. The Bertz CT molecular complexity index is 2150. The third-order valence-electron chi connectivity index (χ3n) is 9.95. The number of aromatic nitrogens is 4. The average Bonchev–Trinajstić information content (AvgIpc) is 3.83. The van der Waals surface area contributed by atoms with E-state index in [1.54, 1.807) is 26.0 Å². The van der Waals surface area contributed by atoms with Crippen molar-refractivity contribution in [3.63, 3.8) is 0 Å². The Morgan fingerprint density at radius 1 is 0.825 bits per heavy atom. The van der Waals surface area contributed by atoms with Crippen LogP contribution in [-0.4, -0.2) is 61.7 Å². The van der Waals surface area contributed by atoms with Gasteiger partial charge < -0.3 is 9.64 Å². The van der Waals surface area contributed by atoms with Crippen LogP contribution in [0.25, 0.3) is 0 Å². The van der Waals surface area contributed by atoms with E-state index >= 15 is 0 Å². The van der Waals surface area contributed by atoms with Crippen LogP contribution in [0.2, 0.25) is 0 Å². The van der Waals surface area contributed by atoms with E-state index in [0.29, 0.717) is 25.0 Å². The van der Waals surface area contributed by atoms with Crippen molar-refractivity contribution in [2.24, 2.45) is 5.92 Å². The number of hydrogen-bond donors (Lipinski definition) is 0. The normalized spacial score (nSPS) is 18.6. The number of carbonyl (C=O) groups excluding carboxylic acids is 3. The third kappa shape index (κ3) is 7.98. The number of imide groups is 1. The number of halogens is 9. The van der Waals surface area contributed by atoms with Gasteiger partial charge in [-0.3, -0.25) is 19.4 Å². The topological polar surface area (TPSA) is 114 Å². The van der Waals surface area contributed by atoms with Gasteiger partial charge in [0.05, 0.1) is 58.7 Å². The number of anilines is 2. The van der Waals surface area contributed by atoms with Crippen molar-refractivity contribution in [2.75, 3.05) is 16.3 Å². The SMILES string of the molecule is CC(C)OC(=O)N1c2ccc(C(F)(F)F)cc2[C@H](N(Cc2cc(C(F)(F)F)cc(C(F)(F)F)c2)c2nnn(CCN3C(=O)c4ccccc4C3=O)n2)C[C@@H]1C1CC1. The number of benzene rings is 3. The number of hydrogen-bond acceptors (Lipinski definition) is 8. The van der Waals surface area contributed by atoms with Crippen molar-refractivity contribution < 1.29 is 58.6 Å². The van der Waals surface area contributed by atoms with Crippen molar-refractivity contribution in [1.29, 1.82) is 0 Å². The summed E-state index contributed by atoms with van der Waals surface area (Å²) in [7, 11) is 0. The second-order valence-corrected chi connectivity index (χ2v) is 14.3. The van der Waals surface area contributed by atoms with Gasteiger partial charge >= 0.3 is 24.6 Å². The minimum Gasteiger partial charge on any atom is -0.446 e. The van der Waals surface area contributed by atoms with Crippen LogP contribution in [0.15, 0.2) is 60.7 Å². The Morgan fingerprint density at radius 3 is 1.96 bits per heavy atom. The molecule has 2 atom stereocenters. The van der Waals surface area contributed by atoms with Gasteiger partial charge in [-0.25, -0.2) is 4.79 Å². The van der Waals surface area contributed by atoms with Gasteiger partial charge in [-0.05, 0) is 104 Å². The Balaban J connectivity index is 1.33. The van der Waals surface area contributed by atoms with Gasteiger partial charge in [0.2, 0.25) is 0 Å². The molecule has 302 valence electrons. The van der Waals surface area contributed by atoms with Crippen LogP contribution >= 0.6 is 0 Å². The van der Waals surface area contributed by atoms with E-state index in [2.05, 4.69) is 15.4 Å². The number of nitrogens with zero attached hydrogens (tertiary/aromatic N) is 7. The molecule has 0 bridgehead atoms. The van der Waals surface area contributed by atoms with Crippen LogP contribution in [0, 0.1) is 5.92 Å². The predicted molar refractivity (Wildman–Crippen MR) is 182 cm³/mol. The van der Waals surface area contributed by atoms with Gasteiger partial charge in [0, 0.05) is 12.6 Å². The zero-order chi connectivity index (χ0) is 41.2.